The van der Waals surface area contributed by atoms with E-state index < -0.39 is 10.0 Å². The molecule has 0 aromatic heterocycles. The van der Waals surface area contributed by atoms with Crippen molar-refractivity contribution in [2.45, 2.75) is 11.8 Å². The fraction of sp³-hybridized carbons (Fsp3) is 0.0952. The second kappa shape index (κ2) is 9.51. The number of ether oxygens (including phenoxy) is 1. The number of nitrogens with one attached hydrogen (secondary N) is 2. The lowest BCUT2D eigenvalue weighted by Crippen LogP contribution is -2.20. The third-order valence-electron chi connectivity index (χ3n) is 4.04. The van der Waals surface area contributed by atoms with Gasteiger partial charge >= 0.3 is 0 Å². The number of hydrogen-bond acceptors (Lipinski definition) is 4. The number of anilines is 2. The van der Waals surface area contributed by atoms with E-state index in [-0.39, 0.29) is 17.4 Å². The van der Waals surface area contributed by atoms with Crippen LogP contribution in [-0.4, -0.2) is 20.9 Å². The Balaban J connectivity index is 1.59. The van der Waals surface area contributed by atoms with Gasteiger partial charge in [-0.05, 0) is 67.1 Å². The molecule has 9 heteroatoms. The van der Waals surface area contributed by atoms with Crippen molar-refractivity contribution in [3.8, 4) is 5.75 Å². The van der Waals surface area contributed by atoms with Gasteiger partial charge in [0.05, 0.1) is 10.6 Å². The molecule has 0 atom stereocenters. The van der Waals surface area contributed by atoms with E-state index in [2.05, 4.69) is 26.0 Å². The topological polar surface area (TPSA) is 84.5 Å². The van der Waals surface area contributed by atoms with Gasteiger partial charge in [-0.2, -0.15) is 0 Å². The summed E-state index contributed by atoms with van der Waals surface area (Å²) in [6.07, 6.45) is 0. The SMILES string of the molecule is Cc1ccc(NS(=O)(=O)c2ccc(OCC(=O)Nc3cccc(Br)c3)cc2)cc1Cl. The van der Waals surface area contributed by atoms with Crippen molar-refractivity contribution < 1.29 is 17.9 Å². The molecule has 0 heterocycles. The molecule has 3 rings (SSSR count). The highest BCUT2D eigenvalue weighted by molar-refractivity contribution is 9.10. The van der Waals surface area contributed by atoms with Crippen LogP contribution in [0.25, 0.3) is 0 Å². The van der Waals surface area contributed by atoms with Gasteiger partial charge in [0, 0.05) is 15.2 Å². The Labute approximate surface area is 188 Å². The number of carbonyl (C=O) groups excluding carboxylic acids is 1. The van der Waals surface area contributed by atoms with Gasteiger partial charge in [0.1, 0.15) is 5.75 Å². The molecule has 0 fully saturated rings. The number of aryl methyl sites for hydroxylation is 1. The van der Waals surface area contributed by atoms with Crippen LogP contribution in [0.15, 0.2) is 76.1 Å². The number of sulfonamides is 1. The van der Waals surface area contributed by atoms with Crippen LogP contribution in [0.2, 0.25) is 5.02 Å². The first-order chi connectivity index (χ1) is 14.2. The highest BCUT2D eigenvalue weighted by atomic mass is 79.9. The van der Waals surface area contributed by atoms with E-state index in [1.165, 1.54) is 24.3 Å². The van der Waals surface area contributed by atoms with Crippen LogP contribution in [0.3, 0.4) is 0 Å². The van der Waals surface area contributed by atoms with Crippen LogP contribution < -0.4 is 14.8 Å². The van der Waals surface area contributed by atoms with E-state index in [0.29, 0.717) is 22.1 Å². The van der Waals surface area contributed by atoms with Crippen LogP contribution in [0, 0.1) is 6.92 Å². The normalized spacial score (nSPS) is 11.0. The molecule has 0 aliphatic heterocycles. The molecular weight excluding hydrogens is 492 g/mol. The minimum absolute atomic E-state index is 0.0603. The van der Waals surface area contributed by atoms with Gasteiger partial charge in [0.2, 0.25) is 0 Å². The maximum absolute atomic E-state index is 12.5. The summed E-state index contributed by atoms with van der Waals surface area (Å²) >= 11 is 9.38. The van der Waals surface area contributed by atoms with Gasteiger partial charge in [-0.1, -0.05) is 39.7 Å². The lowest BCUT2D eigenvalue weighted by atomic mass is 10.2. The monoisotopic (exact) mass is 508 g/mol. The van der Waals surface area contributed by atoms with Gasteiger partial charge in [-0.25, -0.2) is 8.42 Å². The largest absolute Gasteiger partial charge is 0.484 e. The molecule has 6 nitrogen and oxygen atoms in total. The quantitative estimate of drug-likeness (QED) is 0.457. The third-order valence-corrected chi connectivity index (χ3v) is 6.33. The highest BCUT2D eigenvalue weighted by Crippen LogP contribution is 2.23. The van der Waals surface area contributed by atoms with Crippen molar-refractivity contribution >= 4 is 54.8 Å². The predicted octanol–water partition coefficient (Wildman–Crippen LogP) is 5.23. The maximum atomic E-state index is 12.5. The molecule has 1 amide bonds. The zero-order chi connectivity index (χ0) is 21.7. The Bertz CT molecular complexity index is 1170. The predicted molar refractivity (Wildman–Crippen MR) is 122 cm³/mol. The molecule has 3 aromatic rings. The third kappa shape index (κ3) is 5.98. The van der Waals surface area contributed by atoms with Crippen molar-refractivity contribution in [3.05, 3.63) is 81.8 Å². The molecule has 30 heavy (non-hydrogen) atoms. The smallest absolute Gasteiger partial charge is 0.262 e. The zero-order valence-electron chi connectivity index (χ0n) is 15.9. The summed E-state index contributed by atoms with van der Waals surface area (Å²) in [4.78, 5) is 12.1. The molecule has 0 radical (unpaired) electrons. The first-order valence-corrected chi connectivity index (χ1v) is 11.5. The zero-order valence-corrected chi connectivity index (χ0v) is 19.0. The minimum Gasteiger partial charge on any atom is -0.484 e. The maximum Gasteiger partial charge on any atom is 0.262 e. The van der Waals surface area contributed by atoms with E-state index in [1.54, 1.807) is 36.4 Å². The minimum atomic E-state index is -3.78. The summed E-state index contributed by atoms with van der Waals surface area (Å²) in [5.74, 6) is 0.0411. The molecule has 0 aliphatic rings. The van der Waals surface area contributed by atoms with Crippen molar-refractivity contribution in [1.29, 1.82) is 0 Å². The average molecular weight is 510 g/mol. The molecule has 0 spiro atoms. The van der Waals surface area contributed by atoms with E-state index in [4.69, 9.17) is 16.3 Å². The first kappa shape index (κ1) is 22.1. The molecular formula is C21H18BrClN2O4S. The molecule has 0 unspecified atom stereocenters. The van der Waals surface area contributed by atoms with Gasteiger partial charge in [-0.3, -0.25) is 9.52 Å². The summed E-state index contributed by atoms with van der Waals surface area (Å²) in [6.45, 7) is 1.62. The van der Waals surface area contributed by atoms with Gasteiger partial charge in [0.15, 0.2) is 6.61 Å². The standard InChI is InChI=1S/C21H18BrClN2O4S/c1-14-5-6-17(12-20(14)23)25-30(27,28)19-9-7-18(8-10-19)29-13-21(26)24-16-4-2-3-15(22)11-16/h2-12,25H,13H2,1H3,(H,24,26). The van der Waals surface area contributed by atoms with Crippen molar-refractivity contribution in [2.24, 2.45) is 0 Å². The lowest BCUT2D eigenvalue weighted by Gasteiger charge is -2.11. The van der Waals surface area contributed by atoms with Crippen molar-refractivity contribution in [1.82, 2.24) is 0 Å². The fourth-order valence-corrected chi connectivity index (χ4v) is 4.13. The van der Waals surface area contributed by atoms with Crippen LogP contribution in [0.1, 0.15) is 5.56 Å². The van der Waals surface area contributed by atoms with Crippen LogP contribution in [-0.2, 0) is 14.8 Å². The first-order valence-electron chi connectivity index (χ1n) is 8.80. The van der Waals surface area contributed by atoms with Gasteiger partial charge in [0.25, 0.3) is 15.9 Å². The van der Waals surface area contributed by atoms with Crippen LogP contribution in [0.4, 0.5) is 11.4 Å². The molecule has 0 bridgehead atoms. The van der Waals surface area contributed by atoms with E-state index >= 15 is 0 Å². The Kier molecular flexibility index (Phi) is 7.02. The number of amides is 1. The van der Waals surface area contributed by atoms with Crippen molar-refractivity contribution in [2.75, 3.05) is 16.6 Å². The van der Waals surface area contributed by atoms with E-state index in [1.807, 2.05) is 13.0 Å². The summed E-state index contributed by atoms with van der Waals surface area (Å²) in [7, 11) is -3.78. The van der Waals surface area contributed by atoms with Gasteiger partial charge < -0.3 is 10.1 Å². The number of halogens is 2. The van der Waals surface area contributed by atoms with Gasteiger partial charge in [-0.15, -0.1) is 0 Å². The Hall–Kier alpha value is -2.55. The molecule has 0 saturated carbocycles. The lowest BCUT2D eigenvalue weighted by molar-refractivity contribution is -0.118. The number of carbonyl (C=O) groups is 1. The number of rotatable bonds is 7. The van der Waals surface area contributed by atoms with E-state index in [9.17, 15) is 13.2 Å². The second-order valence-electron chi connectivity index (χ2n) is 6.39. The average Bonchev–Trinajstić information content (AvgIpc) is 2.69. The summed E-state index contributed by atoms with van der Waals surface area (Å²) in [6, 6.07) is 17.9. The van der Waals surface area contributed by atoms with Crippen molar-refractivity contribution in [3.63, 3.8) is 0 Å². The second-order valence-corrected chi connectivity index (χ2v) is 9.39. The summed E-state index contributed by atoms with van der Waals surface area (Å²) in [5, 5.41) is 3.19. The van der Waals surface area contributed by atoms with Crippen LogP contribution >= 0.6 is 27.5 Å². The fourth-order valence-electron chi connectivity index (χ4n) is 2.50. The van der Waals surface area contributed by atoms with E-state index in [0.717, 1.165) is 10.0 Å². The summed E-state index contributed by atoms with van der Waals surface area (Å²) in [5.41, 5.74) is 1.86. The summed E-state index contributed by atoms with van der Waals surface area (Å²) < 4.78 is 33.8. The molecule has 0 saturated heterocycles. The number of benzene rings is 3. The molecule has 2 N–H and O–H groups in total. The molecule has 0 aliphatic carbocycles. The number of hydrogen-bond donors (Lipinski definition) is 2. The Morgan fingerprint density at radius 1 is 1.03 bits per heavy atom. The Morgan fingerprint density at radius 2 is 1.77 bits per heavy atom. The molecule has 3 aromatic carbocycles. The highest BCUT2D eigenvalue weighted by Gasteiger charge is 2.15. The van der Waals surface area contributed by atoms with Crippen LogP contribution in [0.5, 0.6) is 5.75 Å². The molecule has 156 valence electrons. The Morgan fingerprint density at radius 3 is 2.43 bits per heavy atom.